The molecule has 1 fully saturated rings. The largest absolute Gasteiger partial charge is 0.493 e. The maximum absolute atomic E-state index is 13.1. The second-order valence-corrected chi connectivity index (χ2v) is 7.56. The molecule has 1 heterocycles. The van der Waals surface area contributed by atoms with Crippen LogP contribution < -0.4 is 19.5 Å². The number of fused-ring (bicyclic) bond motifs is 3. The third kappa shape index (κ3) is 3.97. The van der Waals surface area contributed by atoms with Crippen LogP contribution in [0.25, 0.3) is 11.1 Å². The second-order valence-electron chi connectivity index (χ2n) is 7.56. The Hall–Kier alpha value is -2.53. The van der Waals surface area contributed by atoms with Gasteiger partial charge in [-0.2, -0.15) is 0 Å². The van der Waals surface area contributed by atoms with Crippen LogP contribution in [0.2, 0.25) is 0 Å². The standard InChI is InChI=1S/C24H29NO4/c1-3-12-28-17-14-19-23(21(15-17)27-4-2)22-18(24(19)26)8-5-9-20(22)29-13-10-16-7-6-11-25-16/h5,8-9,14-16,25H,3-4,6-7,10-13H2,1-2H3. The van der Waals surface area contributed by atoms with Crippen LogP contribution in [0, 0.1) is 0 Å². The summed E-state index contributed by atoms with van der Waals surface area (Å²) < 4.78 is 17.9. The third-order valence-electron chi connectivity index (χ3n) is 5.50. The van der Waals surface area contributed by atoms with Crippen molar-refractivity contribution in [3.63, 3.8) is 0 Å². The van der Waals surface area contributed by atoms with E-state index in [4.69, 9.17) is 14.2 Å². The lowest BCUT2D eigenvalue weighted by molar-refractivity contribution is 0.104. The molecule has 0 amide bonds. The molecular weight excluding hydrogens is 366 g/mol. The van der Waals surface area contributed by atoms with E-state index in [9.17, 15) is 4.79 Å². The summed E-state index contributed by atoms with van der Waals surface area (Å²) in [6.45, 7) is 6.84. The van der Waals surface area contributed by atoms with Crippen LogP contribution >= 0.6 is 0 Å². The normalized spacial score (nSPS) is 17.2. The molecule has 1 unspecified atom stereocenters. The molecule has 0 spiro atoms. The quantitative estimate of drug-likeness (QED) is 0.574. The fourth-order valence-corrected chi connectivity index (χ4v) is 4.16. The Morgan fingerprint density at radius 1 is 1.00 bits per heavy atom. The number of hydrogen-bond donors (Lipinski definition) is 1. The van der Waals surface area contributed by atoms with Gasteiger partial charge < -0.3 is 19.5 Å². The molecule has 1 aliphatic heterocycles. The minimum Gasteiger partial charge on any atom is -0.493 e. The lowest BCUT2D eigenvalue weighted by atomic mass is 10.0. The molecule has 4 rings (SSSR count). The maximum atomic E-state index is 13.1. The van der Waals surface area contributed by atoms with E-state index in [1.54, 1.807) is 0 Å². The maximum Gasteiger partial charge on any atom is 0.194 e. The number of benzene rings is 2. The Kier molecular flexibility index (Phi) is 6.05. The molecule has 154 valence electrons. The van der Waals surface area contributed by atoms with E-state index in [1.165, 1.54) is 12.8 Å². The van der Waals surface area contributed by atoms with E-state index in [2.05, 4.69) is 12.2 Å². The summed E-state index contributed by atoms with van der Waals surface area (Å²) in [4.78, 5) is 13.1. The van der Waals surface area contributed by atoms with Crippen molar-refractivity contribution in [3.8, 4) is 28.4 Å². The molecule has 2 aromatic rings. The summed E-state index contributed by atoms with van der Waals surface area (Å²) in [7, 11) is 0. The molecule has 0 saturated carbocycles. The fraction of sp³-hybridized carbons (Fsp3) is 0.458. The van der Waals surface area contributed by atoms with Crippen molar-refractivity contribution >= 4 is 5.78 Å². The number of hydrogen-bond acceptors (Lipinski definition) is 5. The number of nitrogens with one attached hydrogen (secondary N) is 1. The van der Waals surface area contributed by atoms with E-state index in [0.29, 0.717) is 48.5 Å². The van der Waals surface area contributed by atoms with Crippen LogP contribution in [0.15, 0.2) is 30.3 Å². The van der Waals surface area contributed by atoms with Crippen molar-refractivity contribution in [2.75, 3.05) is 26.4 Å². The molecule has 5 nitrogen and oxygen atoms in total. The van der Waals surface area contributed by atoms with Crippen LogP contribution in [-0.4, -0.2) is 38.2 Å². The van der Waals surface area contributed by atoms with Crippen molar-refractivity contribution in [2.45, 2.75) is 45.6 Å². The zero-order valence-corrected chi connectivity index (χ0v) is 17.3. The van der Waals surface area contributed by atoms with Gasteiger partial charge in [0.25, 0.3) is 0 Å². The highest BCUT2D eigenvalue weighted by molar-refractivity contribution is 6.23. The van der Waals surface area contributed by atoms with Crippen LogP contribution in [0.4, 0.5) is 0 Å². The average molecular weight is 395 g/mol. The molecule has 29 heavy (non-hydrogen) atoms. The summed E-state index contributed by atoms with van der Waals surface area (Å²) in [5.41, 5.74) is 2.97. The first kappa shape index (κ1) is 19.8. The van der Waals surface area contributed by atoms with E-state index >= 15 is 0 Å². The minimum atomic E-state index is 0.000751. The first-order chi connectivity index (χ1) is 14.2. The van der Waals surface area contributed by atoms with E-state index in [1.807, 2.05) is 37.3 Å². The summed E-state index contributed by atoms with van der Waals surface area (Å²) in [6.07, 6.45) is 4.30. The van der Waals surface area contributed by atoms with Gasteiger partial charge in [-0.1, -0.05) is 19.1 Å². The average Bonchev–Trinajstić information content (AvgIpc) is 3.34. The summed E-state index contributed by atoms with van der Waals surface area (Å²) in [6, 6.07) is 9.95. The Labute approximate surface area is 172 Å². The highest BCUT2D eigenvalue weighted by atomic mass is 16.5. The summed E-state index contributed by atoms with van der Waals surface area (Å²) >= 11 is 0. The van der Waals surface area contributed by atoms with Gasteiger partial charge in [0, 0.05) is 34.4 Å². The van der Waals surface area contributed by atoms with Crippen molar-refractivity contribution in [3.05, 3.63) is 41.5 Å². The van der Waals surface area contributed by atoms with Gasteiger partial charge in [-0.3, -0.25) is 4.79 Å². The van der Waals surface area contributed by atoms with Crippen molar-refractivity contribution in [2.24, 2.45) is 0 Å². The second kappa shape index (κ2) is 8.87. The number of ketones is 1. The topological polar surface area (TPSA) is 56.8 Å². The number of ether oxygens (including phenoxy) is 3. The summed E-state index contributed by atoms with van der Waals surface area (Å²) in [5, 5.41) is 3.50. The molecule has 1 saturated heterocycles. The lowest BCUT2D eigenvalue weighted by Crippen LogP contribution is -2.23. The monoisotopic (exact) mass is 395 g/mol. The van der Waals surface area contributed by atoms with Gasteiger partial charge in [0.15, 0.2) is 5.78 Å². The highest BCUT2D eigenvalue weighted by Gasteiger charge is 2.33. The first-order valence-electron chi connectivity index (χ1n) is 10.7. The van der Waals surface area contributed by atoms with Crippen molar-refractivity contribution < 1.29 is 19.0 Å². The van der Waals surface area contributed by atoms with Gasteiger partial charge in [0.05, 0.1) is 19.8 Å². The van der Waals surface area contributed by atoms with E-state index in [-0.39, 0.29) is 5.78 Å². The predicted molar refractivity (Wildman–Crippen MR) is 113 cm³/mol. The SMILES string of the molecule is CCCOc1cc(OCC)c2c(c1)C(=O)c1cccc(OCCC3CCCN3)c1-2. The smallest absolute Gasteiger partial charge is 0.194 e. The number of carbonyl (C=O) groups excluding carboxylic acids is 1. The highest BCUT2D eigenvalue weighted by Crippen LogP contribution is 2.49. The Morgan fingerprint density at radius 2 is 1.86 bits per heavy atom. The van der Waals surface area contributed by atoms with Gasteiger partial charge in [-0.25, -0.2) is 0 Å². The van der Waals surface area contributed by atoms with Gasteiger partial charge in [0.2, 0.25) is 0 Å². The molecular formula is C24H29NO4. The van der Waals surface area contributed by atoms with Gasteiger partial charge in [-0.15, -0.1) is 0 Å². The molecule has 1 N–H and O–H groups in total. The van der Waals surface area contributed by atoms with E-state index in [0.717, 1.165) is 36.3 Å². The van der Waals surface area contributed by atoms with Crippen LogP contribution in [0.3, 0.4) is 0 Å². The number of rotatable bonds is 9. The zero-order chi connectivity index (χ0) is 20.2. The molecule has 0 bridgehead atoms. The molecule has 1 atom stereocenters. The van der Waals surface area contributed by atoms with Gasteiger partial charge in [0.1, 0.15) is 17.2 Å². The first-order valence-corrected chi connectivity index (χ1v) is 10.7. The third-order valence-corrected chi connectivity index (χ3v) is 5.50. The summed E-state index contributed by atoms with van der Waals surface area (Å²) in [5.74, 6) is 2.10. The fourth-order valence-electron chi connectivity index (χ4n) is 4.16. The van der Waals surface area contributed by atoms with Crippen molar-refractivity contribution in [1.29, 1.82) is 0 Å². The lowest BCUT2D eigenvalue weighted by Gasteiger charge is -2.16. The predicted octanol–water partition coefficient (Wildman–Crippen LogP) is 4.61. The molecule has 2 aromatic carbocycles. The Bertz CT molecular complexity index is 887. The molecule has 2 aliphatic rings. The van der Waals surface area contributed by atoms with Crippen LogP contribution in [0.5, 0.6) is 17.2 Å². The van der Waals surface area contributed by atoms with E-state index < -0.39 is 0 Å². The van der Waals surface area contributed by atoms with Crippen LogP contribution in [0.1, 0.15) is 55.5 Å². The number of carbonyl (C=O) groups is 1. The minimum absolute atomic E-state index is 0.000751. The van der Waals surface area contributed by atoms with Gasteiger partial charge >= 0.3 is 0 Å². The van der Waals surface area contributed by atoms with Crippen LogP contribution in [-0.2, 0) is 0 Å². The molecule has 0 radical (unpaired) electrons. The molecule has 0 aromatic heterocycles. The Balaban J connectivity index is 1.67. The molecule has 5 heteroatoms. The van der Waals surface area contributed by atoms with Crippen molar-refractivity contribution in [1.82, 2.24) is 5.32 Å². The zero-order valence-electron chi connectivity index (χ0n) is 17.3. The molecule has 1 aliphatic carbocycles. The Morgan fingerprint density at radius 3 is 2.62 bits per heavy atom. The van der Waals surface area contributed by atoms with Gasteiger partial charge in [-0.05, 0) is 51.3 Å².